The molecule has 1 saturated heterocycles. The Morgan fingerprint density at radius 1 is 1.00 bits per heavy atom. The van der Waals surface area contributed by atoms with Gasteiger partial charge in [-0.25, -0.2) is 0 Å². The zero-order valence-corrected chi connectivity index (χ0v) is 5.79. The predicted octanol–water partition coefficient (Wildman–Crippen LogP) is 2.67. The van der Waals surface area contributed by atoms with Crippen LogP contribution in [-0.2, 0) is 9.47 Å². The number of hydrogen-bond acceptors (Lipinski definition) is 2. The summed E-state index contributed by atoms with van der Waals surface area (Å²) in [6.45, 7) is 0. The van der Waals surface area contributed by atoms with Gasteiger partial charge in [-0.15, -0.1) is 0 Å². The van der Waals surface area contributed by atoms with Gasteiger partial charge < -0.3 is 9.47 Å². The lowest BCUT2D eigenvalue weighted by atomic mass is 10.3. The SMILES string of the molecule is FC(F)=C1OC(F)(F)CC(F)(F)O1. The Morgan fingerprint density at radius 2 is 1.38 bits per heavy atom. The van der Waals surface area contributed by atoms with Crippen LogP contribution in [0.25, 0.3) is 0 Å². The van der Waals surface area contributed by atoms with Crippen LogP contribution in [0.3, 0.4) is 0 Å². The van der Waals surface area contributed by atoms with Crippen molar-refractivity contribution < 1.29 is 35.8 Å². The molecule has 0 spiro atoms. The molecule has 2 nitrogen and oxygen atoms in total. The van der Waals surface area contributed by atoms with Crippen molar-refractivity contribution in [1.82, 2.24) is 0 Å². The fraction of sp³-hybridized carbons (Fsp3) is 0.600. The maximum atomic E-state index is 12.2. The Hall–Kier alpha value is -1.08. The van der Waals surface area contributed by atoms with E-state index >= 15 is 0 Å². The summed E-state index contributed by atoms with van der Waals surface area (Å²) in [5.74, 6) is -2.14. The van der Waals surface area contributed by atoms with Gasteiger partial charge in [-0.05, 0) is 0 Å². The fourth-order valence-electron chi connectivity index (χ4n) is 0.681. The van der Waals surface area contributed by atoms with Gasteiger partial charge in [0.25, 0.3) is 0 Å². The molecule has 0 saturated carbocycles. The van der Waals surface area contributed by atoms with Crippen molar-refractivity contribution in [2.24, 2.45) is 0 Å². The summed E-state index contributed by atoms with van der Waals surface area (Å²) in [5, 5.41) is 0. The first-order valence-electron chi connectivity index (χ1n) is 2.91. The number of alkyl halides is 4. The van der Waals surface area contributed by atoms with Crippen molar-refractivity contribution in [1.29, 1.82) is 0 Å². The van der Waals surface area contributed by atoms with E-state index in [0.29, 0.717) is 0 Å². The third kappa shape index (κ3) is 2.43. The third-order valence-electron chi connectivity index (χ3n) is 1.05. The van der Waals surface area contributed by atoms with Crippen LogP contribution in [0.2, 0.25) is 0 Å². The van der Waals surface area contributed by atoms with Gasteiger partial charge in [-0.2, -0.15) is 26.3 Å². The van der Waals surface area contributed by atoms with Crippen molar-refractivity contribution in [2.75, 3.05) is 0 Å². The van der Waals surface area contributed by atoms with Gasteiger partial charge in [0.2, 0.25) is 0 Å². The number of ether oxygens (including phenoxy) is 2. The maximum Gasteiger partial charge on any atom is 0.409 e. The zero-order chi connectivity index (χ0) is 10.3. The van der Waals surface area contributed by atoms with Crippen molar-refractivity contribution in [3.63, 3.8) is 0 Å². The second kappa shape index (κ2) is 2.71. The fourth-order valence-corrected chi connectivity index (χ4v) is 0.681. The van der Waals surface area contributed by atoms with Crippen LogP contribution in [0.4, 0.5) is 26.3 Å². The molecule has 1 fully saturated rings. The maximum absolute atomic E-state index is 12.2. The smallest absolute Gasteiger partial charge is 0.396 e. The summed E-state index contributed by atoms with van der Waals surface area (Å²) in [7, 11) is 0. The number of rotatable bonds is 0. The predicted molar refractivity (Wildman–Crippen MR) is 25.9 cm³/mol. The summed E-state index contributed by atoms with van der Waals surface area (Å²) in [6.07, 6.45) is -13.6. The number of halogens is 6. The molecule has 1 rings (SSSR count). The standard InChI is InChI=1S/C5H2F6O2/c6-2(7)3-12-4(8,9)1-5(10,11)13-3/h1H2. The molecule has 0 aromatic rings. The van der Waals surface area contributed by atoms with Crippen LogP contribution in [0, 0.1) is 0 Å². The molecule has 13 heavy (non-hydrogen) atoms. The second-order valence-electron chi connectivity index (χ2n) is 2.20. The largest absolute Gasteiger partial charge is 0.409 e. The lowest BCUT2D eigenvalue weighted by Gasteiger charge is -2.29. The van der Waals surface area contributed by atoms with Crippen molar-refractivity contribution in [2.45, 2.75) is 18.6 Å². The molecule has 0 aliphatic carbocycles. The van der Waals surface area contributed by atoms with E-state index in [0.717, 1.165) is 0 Å². The average molecular weight is 208 g/mol. The van der Waals surface area contributed by atoms with Gasteiger partial charge in [0.1, 0.15) is 0 Å². The second-order valence-corrected chi connectivity index (χ2v) is 2.20. The minimum absolute atomic E-state index is 2.09. The molecule has 0 N–H and O–H groups in total. The normalized spacial score (nSPS) is 24.6. The minimum Gasteiger partial charge on any atom is -0.396 e. The van der Waals surface area contributed by atoms with Crippen molar-refractivity contribution >= 4 is 0 Å². The molecule has 76 valence electrons. The van der Waals surface area contributed by atoms with E-state index in [-0.39, 0.29) is 0 Å². The van der Waals surface area contributed by atoms with Crippen LogP contribution < -0.4 is 0 Å². The molecular formula is C5H2F6O2. The van der Waals surface area contributed by atoms with Crippen LogP contribution in [0.5, 0.6) is 0 Å². The Bertz CT molecular complexity index is 225. The topological polar surface area (TPSA) is 18.5 Å². The van der Waals surface area contributed by atoms with Gasteiger partial charge in [0, 0.05) is 0 Å². The van der Waals surface area contributed by atoms with Crippen LogP contribution in [0.1, 0.15) is 6.42 Å². The molecule has 0 unspecified atom stereocenters. The molecule has 1 heterocycles. The van der Waals surface area contributed by atoms with Gasteiger partial charge in [-0.3, -0.25) is 0 Å². The number of hydrogen-bond donors (Lipinski definition) is 0. The monoisotopic (exact) mass is 208 g/mol. The van der Waals surface area contributed by atoms with E-state index in [9.17, 15) is 26.3 Å². The van der Waals surface area contributed by atoms with Crippen molar-refractivity contribution in [3.8, 4) is 0 Å². The Kier molecular flexibility index (Phi) is 2.08. The van der Waals surface area contributed by atoms with Crippen molar-refractivity contribution in [3.05, 3.63) is 12.0 Å². The Morgan fingerprint density at radius 3 is 1.69 bits per heavy atom. The Balaban J connectivity index is 2.91. The van der Waals surface area contributed by atoms with E-state index in [2.05, 4.69) is 9.47 Å². The van der Waals surface area contributed by atoms with E-state index in [4.69, 9.17) is 0 Å². The molecular weight excluding hydrogens is 206 g/mol. The average Bonchev–Trinajstić information content (AvgIpc) is 1.79. The van der Waals surface area contributed by atoms with E-state index in [1.807, 2.05) is 0 Å². The minimum atomic E-state index is -4.35. The summed E-state index contributed by atoms with van der Waals surface area (Å²) < 4.78 is 78.1. The molecule has 0 aromatic carbocycles. The first-order valence-corrected chi connectivity index (χ1v) is 2.91. The van der Waals surface area contributed by atoms with Crippen LogP contribution >= 0.6 is 0 Å². The van der Waals surface area contributed by atoms with Gasteiger partial charge in [0.15, 0.2) is 6.42 Å². The first-order chi connectivity index (χ1) is 5.72. The zero-order valence-electron chi connectivity index (χ0n) is 5.79. The molecule has 1 aliphatic rings. The summed E-state index contributed by atoms with van der Waals surface area (Å²) in [5.41, 5.74) is 0. The van der Waals surface area contributed by atoms with Gasteiger partial charge >= 0.3 is 24.2 Å². The molecule has 0 amide bonds. The first kappa shape index (κ1) is 10.0. The van der Waals surface area contributed by atoms with Gasteiger partial charge in [0.05, 0.1) is 0 Å². The summed E-state index contributed by atoms with van der Waals surface area (Å²) >= 11 is 0. The summed E-state index contributed by atoms with van der Waals surface area (Å²) in [4.78, 5) is 0. The molecule has 0 aromatic heterocycles. The molecule has 0 atom stereocenters. The van der Waals surface area contributed by atoms with Crippen LogP contribution in [0.15, 0.2) is 12.0 Å². The lowest BCUT2D eigenvalue weighted by molar-refractivity contribution is -0.380. The highest BCUT2D eigenvalue weighted by Crippen LogP contribution is 2.41. The van der Waals surface area contributed by atoms with E-state index in [1.165, 1.54) is 0 Å². The summed E-state index contributed by atoms with van der Waals surface area (Å²) in [6, 6.07) is 0. The third-order valence-corrected chi connectivity index (χ3v) is 1.05. The quantitative estimate of drug-likeness (QED) is 0.569. The molecule has 0 radical (unpaired) electrons. The highest BCUT2D eigenvalue weighted by molar-refractivity contribution is 4.90. The molecule has 8 heteroatoms. The highest BCUT2D eigenvalue weighted by Gasteiger charge is 2.54. The van der Waals surface area contributed by atoms with E-state index < -0.39 is 30.7 Å². The van der Waals surface area contributed by atoms with Gasteiger partial charge in [-0.1, -0.05) is 0 Å². The molecule has 0 bridgehead atoms. The lowest BCUT2D eigenvalue weighted by Crippen LogP contribution is -2.39. The highest BCUT2D eigenvalue weighted by atomic mass is 19.3. The Labute approximate surface area is 67.7 Å². The van der Waals surface area contributed by atoms with E-state index in [1.54, 1.807) is 0 Å². The molecule has 1 aliphatic heterocycles. The van der Waals surface area contributed by atoms with Crippen LogP contribution in [-0.4, -0.2) is 12.2 Å².